The molecule has 1 aliphatic heterocycles. The van der Waals surface area contributed by atoms with Crippen LogP contribution in [0.4, 0.5) is 23.5 Å². The van der Waals surface area contributed by atoms with Crippen LogP contribution in [0, 0.1) is 11.3 Å². The molecule has 1 aromatic carbocycles. The van der Waals surface area contributed by atoms with Crippen LogP contribution >= 0.6 is 0 Å². The van der Waals surface area contributed by atoms with Crippen LogP contribution < -0.4 is 20.9 Å². The van der Waals surface area contributed by atoms with E-state index in [1.807, 2.05) is 35.2 Å². The summed E-state index contributed by atoms with van der Waals surface area (Å²) in [5, 5.41) is 20.3. The van der Waals surface area contributed by atoms with Crippen LogP contribution in [0.15, 0.2) is 30.3 Å². The van der Waals surface area contributed by atoms with Crippen molar-refractivity contribution in [3.63, 3.8) is 0 Å². The van der Waals surface area contributed by atoms with Crippen LogP contribution in [-0.4, -0.2) is 46.2 Å². The number of rotatable bonds is 9. The van der Waals surface area contributed by atoms with Gasteiger partial charge in [0, 0.05) is 23.8 Å². The first-order valence-electron chi connectivity index (χ1n) is 12.5. The standard InChI is InChI=1S/C25H36N8/c1-2-21(22-15-10-17-27-22)29-24-30-23(28-19-11-6-3-4-7-12-19)31-25(32-24)33(18-16-26)20-13-8-5-9-14-20/h5,8-9,13-14,19,21-22,27H,2-4,6-7,10-12,15,17-18H2,1H3,(H2,28,29,30,31,32)/t21?,22-/m0/s1. The molecular formula is C25H36N8. The molecule has 0 radical (unpaired) electrons. The van der Waals surface area contributed by atoms with Gasteiger partial charge in [0.1, 0.15) is 6.54 Å². The molecule has 1 aliphatic carbocycles. The number of aromatic nitrogens is 3. The van der Waals surface area contributed by atoms with Gasteiger partial charge < -0.3 is 16.0 Å². The van der Waals surface area contributed by atoms with Crippen LogP contribution in [0.2, 0.25) is 0 Å². The molecule has 2 atom stereocenters. The minimum Gasteiger partial charge on any atom is -0.351 e. The second-order valence-corrected chi connectivity index (χ2v) is 9.06. The van der Waals surface area contributed by atoms with E-state index in [-0.39, 0.29) is 12.6 Å². The van der Waals surface area contributed by atoms with Gasteiger partial charge in [0.25, 0.3) is 0 Å². The molecule has 8 heteroatoms. The van der Waals surface area contributed by atoms with Crippen molar-refractivity contribution in [2.75, 3.05) is 28.6 Å². The fourth-order valence-electron chi connectivity index (χ4n) is 4.88. The summed E-state index contributed by atoms with van der Waals surface area (Å²) < 4.78 is 0. The number of benzene rings is 1. The molecule has 176 valence electrons. The van der Waals surface area contributed by atoms with E-state index in [9.17, 15) is 5.26 Å². The molecule has 2 heterocycles. The largest absolute Gasteiger partial charge is 0.351 e. The van der Waals surface area contributed by atoms with Crippen LogP contribution in [-0.2, 0) is 0 Å². The molecule has 1 saturated carbocycles. The number of nitrogens with one attached hydrogen (secondary N) is 3. The summed E-state index contributed by atoms with van der Waals surface area (Å²) in [5.41, 5.74) is 0.890. The summed E-state index contributed by atoms with van der Waals surface area (Å²) in [4.78, 5) is 16.2. The average molecular weight is 449 g/mol. The second-order valence-electron chi connectivity index (χ2n) is 9.06. The summed E-state index contributed by atoms with van der Waals surface area (Å²) in [6.07, 6.45) is 10.7. The van der Waals surface area contributed by atoms with Gasteiger partial charge in [0.15, 0.2) is 0 Å². The topological polar surface area (TPSA) is 102 Å². The number of anilines is 4. The van der Waals surface area contributed by atoms with Crippen molar-refractivity contribution in [3.05, 3.63) is 30.3 Å². The van der Waals surface area contributed by atoms with Gasteiger partial charge in [-0.3, -0.25) is 4.90 Å². The molecule has 2 fully saturated rings. The Morgan fingerprint density at radius 1 is 1.03 bits per heavy atom. The zero-order chi connectivity index (χ0) is 22.9. The Morgan fingerprint density at radius 2 is 1.79 bits per heavy atom. The van der Waals surface area contributed by atoms with Crippen molar-refractivity contribution < 1.29 is 0 Å². The number of para-hydroxylation sites is 1. The predicted molar refractivity (Wildman–Crippen MR) is 133 cm³/mol. The molecule has 0 spiro atoms. The Bertz CT molecular complexity index is 898. The highest BCUT2D eigenvalue weighted by atomic mass is 15.3. The van der Waals surface area contributed by atoms with E-state index < -0.39 is 0 Å². The van der Waals surface area contributed by atoms with Crippen molar-refractivity contribution in [3.8, 4) is 6.07 Å². The maximum Gasteiger partial charge on any atom is 0.237 e. The lowest BCUT2D eigenvalue weighted by atomic mass is 10.0. The summed E-state index contributed by atoms with van der Waals surface area (Å²) in [6.45, 7) is 3.41. The lowest BCUT2D eigenvalue weighted by Gasteiger charge is -2.26. The van der Waals surface area contributed by atoms with Crippen molar-refractivity contribution in [1.29, 1.82) is 5.26 Å². The fourth-order valence-corrected chi connectivity index (χ4v) is 4.88. The van der Waals surface area contributed by atoms with Crippen LogP contribution in [0.1, 0.15) is 64.7 Å². The van der Waals surface area contributed by atoms with E-state index in [0.717, 1.165) is 37.9 Å². The molecule has 2 aliphatic rings. The third-order valence-electron chi connectivity index (χ3n) is 6.69. The van der Waals surface area contributed by atoms with E-state index in [1.165, 1.54) is 32.1 Å². The first-order valence-corrected chi connectivity index (χ1v) is 12.5. The normalized spacial score (nSPS) is 19.9. The molecule has 2 aromatic rings. The molecule has 8 nitrogen and oxygen atoms in total. The summed E-state index contributed by atoms with van der Waals surface area (Å²) in [7, 11) is 0. The Balaban J connectivity index is 1.64. The van der Waals surface area contributed by atoms with E-state index in [2.05, 4.69) is 28.9 Å². The predicted octanol–water partition coefficient (Wildman–Crippen LogP) is 4.61. The van der Waals surface area contributed by atoms with Crippen LogP contribution in [0.25, 0.3) is 0 Å². The molecule has 4 rings (SSSR count). The molecule has 0 bridgehead atoms. The maximum atomic E-state index is 9.51. The molecule has 1 aromatic heterocycles. The molecule has 1 saturated heterocycles. The van der Waals surface area contributed by atoms with Gasteiger partial charge in [0.05, 0.1) is 6.07 Å². The number of hydrogen-bond acceptors (Lipinski definition) is 8. The first-order chi connectivity index (χ1) is 16.3. The Hall–Kier alpha value is -2.92. The van der Waals surface area contributed by atoms with Gasteiger partial charge in [-0.25, -0.2) is 0 Å². The van der Waals surface area contributed by atoms with E-state index in [4.69, 9.17) is 15.0 Å². The number of nitrogens with zero attached hydrogens (tertiary/aromatic N) is 5. The average Bonchev–Trinajstić information content (AvgIpc) is 3.26. The quantitative estimate of drug-likeness (QED) is 0.378. The zero-order valence-electron chi connectivity index (χ0n) is 19.6. The highest BCUT2D eigenvalue weighted by molar-refractivity contribution is 5.60. The minimum atomic E-state index is 0.164. The van der Waals surface area contributed by atoms with E-state index >= 15 is 0 Å². The fraction of sp³-hybridized carbons (Fsp3) is 0.600. The smallest absolute Gasteiger partial charge is 0.237 e. The second kappa shape index (κ2) is 11.8. The van der Waals surface area contributed by atoms with Gasteiger partial charge in [0.2, 0.25) is 17.8 Å². The van der Waals surface area contributed by atoms with Gasteiger partial charge in [-0.15, -0.1) is 0 Å². The summed E-state index contributed by atoms with van der Waals surface area (Å²) in [5.74, 6) is 1.64. The van der Waals surface area contributed by atoms with Crippen molar-refractivity contribution in [2.24, 2.45) is 0 Å². The van der Waals surface area contributed by atoms with Crippen LogP contribution in [0.3, 0.4) is 0 Å². The highest BCUT2D eigenvalue weighted by Gasteiger charge is 2.25. The lowest BCUT2D eigenvalue weighted by molar-refractivity contribution is 0.496. The van der Waals surface area contributed by atoms with Gasteiger partial charge in [-0.05, 0) is 50.8 Å². The van der Waals surface area contributed by atoms with E-state index in [0.29, 0.717) is 29.9 Å². The van der Waals surface area contributed by atoms with Crippen molar-refractivity contribution in [2.45, 2.75) is 82.8 Å². The van der Waals surface area contributed by atoms with E-state index in [1.54, 1.807) is 0 Å². The Labute approximate surface area is 197 Å². The third kappa shape index (κ3) is 6.32. The minimum absolute atomic E-state index is 0.164. The molecule has 3 N–H and O–H groups in total. The SMILES string of the molecule is CCC(Nc1nc(NC2CCCCCC2)nc(N(CC#N)c2ccccc2)n1)[C@@H]1CCCN1. The molecule has 0 amide bonds. The van der Waals surface area contributed by atoms with Gasteiger partial charge in [-0.2, -0.15) is 20.2 Å². The number of hydrogen-bond donors (Lipinski definition) is 3. The monoisotopic (exact) mass is 448 g/mol. The molecular weight excluding hydrogens is 412 g/mol. The first kappa shape index (κ1) is 23.2. The number of nitriles is 1. The summed E-state index contributed by atoms with van der Waals surface area (Å²) >= 11 is 0. The Morgan fingerprint density at radius 3 is 2.45 bits per heavy atom. The lowest BCUT2D eigenvalue weighted by Crippen LogP contribution is -2.40. The molecule has 33 heavy (non-hydrogen) atoms. The highest BCUT2D eigenvalue weighted by Crippen LogP contribution is 2.26. The van der Waals surface area contributed by atoms with Gasteiger partial charge in [-0.1, -0.05) is 50.8 Å². The van der Waals surface area contributed by atoms with Crippen LogP contribution in [0.5, 0.6) is 0 Å². The third-order valence-corrected chi connectivity index (χ3v) is 6.69. The van der Waals surface area contributed by atoms with Gasteiger partial charge >= 0.3 is 0 Å². The van der Waals surface area contributed by atoms with Crippen molar-refractivity contribution in [1.82, 2.24) is 20.3 Å². The maximum absolute atomic E-state index is 9.51. The Kier molecular flexibility index (Phi) is 8.31. The summed E-state index contributed by atoms with van der Waals surface area (Å²) in [6, 6.07) is 13.1. The van der Waals surface area contributed by atoms with Crippen molar-refractivity contribution >= 4 is 23.5 Å². The molecule has 1 unspecified atom stereocenters. The zero-order valence-corrected chi connectivity index (χ0v) is 19.6.